The number of pyridine rings is 1. The van der Waals surface area contributed by atoms with Crippen LogP contribution in [-0.2, 0) is 11.3 Å². The van der Waals surface area contributed by atoms with Crippen LogP contribution in [0.25, 0.3) is 6.08 Å². The molecule has 34 heavy (non-hydrogen) atoms. The van der Waals surface area contributed by atoms with E-state index in [2.05, 4.69) is 24.8 Å². The summed E-state index contributed by atoms with van der Waals surface area (Å²) in [6.07, 6.45) is 8.07. The molecule has 0 N–H and O–H groups in total. The predicted molar refractivity (Wildman–Crippen MR) is 143 cm³/mol. The Morgan fingerprint density at radius 1 is 1.18 bits per heavy atom. The molecule has 0 bridgehead atoms. The first-order chi connectivity index (χ1) is 16.3. The fourth-order valence-corrected chi connectivity index (χ4v) is 7.22. The first-order valence-corrected chi connectivity index (χ1v) is 13.7. The van der Waals surface area contributed by atoms with Crippen molar-refractivity contribution >= 4 is 46.1 Å². The summed E-state index contributed by atoms with van der Waals surface area (Å²) in [5, 5.41) is 9.84. The highest BCUT2D eigenvalue weighted by Crippen LogP contribution is 2.40. The molecule has 2 saturated heterocycles. The number of piperidine rings is 1. The molecule has 4 rings (SSSR count). The summed E-state index contributed by atoms with van der Waals surface area (Å²) in [6.45, 7) is 10.6. The van der Waals surface area contributed by atoms with Crippen LogP contribution in [-0.4, -0.2) is 38.8 Å². The van der Waals surface area contributed by atoms with E-state index in [1.165, 1.54) is 11.8 Å². The molecule has 3 aliphatic rings. The van der Waals surface area contributed by atoms with E-state index in [0.29, 0.717) is 33.2 Å². The normalized spacial score (nSPS) is 25.0. The Labute approximate surface area is 212 Å². The SMILES string of the molecule is CCCn1c(N2CC(C)CC(C)C2)c(/C=C2/SC(=S)N(C3CCCC3)C2=O)c(C)c(C#N)c1=O. The number of thiocarbonyl (C=S) groups is 1. The summed E-state index contributed by atoms with van der Waals surface area (Å²) in [5.74, 6) is 1.80. The molecular formula is C26H34N4O2S2. The highest BCUT2D eigenvalue weighted by molar-refractivity contribution is 8.26. The number of hydrogen-bond acceptors (Lipinski definition) is 6. The molecule has 2 aliphatic heterocycles. The Morgan fingerprint density at radius 2 is 1.82 bits per heavy atom. The van der Waals surface area contributed by atoms with Crippen LogP contribution in [0, 0.1) is 30.1 Å². The van der Waals surface area contributed by atoms with Crippen LogP contribution >= 0.6 is 24.0 Å². The maximum absolute atomic E-state index is 13.4. The van der Waals surface area contributed by atoms with Crippen molar-refractivity contribution in [2.75, 3.05) is 18.0 Å². The molecule has 1 aromatic rings. The predicted octanol–water partition coefficient (Wildman–Crippen LogP) is 5.06. The van der Waals surface area contributed by atoms with E-state index in [0.717, 1.165) is 63.0 Å². The van der Waals surface area contributed by atoms with Gasteiger partial charge in [0.05, 0.1) is 4.91 Å². The van der Waals surface area contributed by atoms with Crippen molar-refractivity contribution in [3.8, 4) is 6.07 Å². The zero-order chi connectivity index (χ0) is 24.6. The fourth-order valence-electron chi connectivity index (χ4n) is 5.84. The molecule has 1 amide bonds. The molecule has 0 spiro atoms. The lowest BCUT2D eigenvalue weighted by molar-refractivity contribution is -0.123. The van der Waals surface area contributed by atoms with Gasteiger partial charge in [-0.15, -0.1) is 0 Å². The Hall–Kier alpha value is -2.11. The van der Waals surface area contributed by atoms with Crippen LogP contribution < -0.4 is 10.5 Å². The van der Waals surface area contributed by atoms with Crippen molar-refractivity contribution < 1.29 is 4.79 Å². The van der Waals surface area contributed by atoms with E-state index >= 15 is 0 Å². The number of anilines is 1. The van der Waals surface area contributed by atoms with Crippen molar-refractivity contribution in [1.29, 1.82) is 5.26 Å². The summed E-state index contributed by atoms with van der Waals surface area (Å²) in [4.78, 5) is 31.5. The summed E-state index contributed by atoms with van der Waals surface area (Å²) in [6, 6.07) is 2.33. The van der Waals surface area contributed by atoms with Gasteiger partial charge in [-0.3, -0.25) is 19.1 Å². The Bertz CT molecular complexity index is 1120. The third-order valence-corrected chi connectivity index (χ3v) is 8.58. The lowest BCUT2D eigenvalue weighted by atomic mass is 9.91. The van der Waals surface area contributed by atoms with Gasteiger partial charge in [-0.1, -0.05) is 57.6 Å². The van der Waals surface area contributed by atoms with Crippen molar-refractivity contribution in [3.63, 3.8) is 0 Å². The van der Waals surface area contributed by atoms with Crippen LogP contribution in [0.4, 0.5) is 5.82 Å². The maximum atomic E-state index is 13.4. The molecule has 2 atom stereocenters. The maximum Gasteiger partial charge on any atom is 0.270 e. The summed E-state index contributed by atoms with van der Waals surface area (Å²) >= 11 is 6.96. The summed E-state index contributed by atoms with van der Waals surface area (Å²) in [7, 11) is 0. The standard InChI is InChI=1S/C26H34N4O2S2/c1-5-10-29-23(28-14-16(2)11-17(3)15-28)20(18(4)21(13-27)24(29)31)12-22-25(32)30(26(33)34-22)19-8-6-7-9-19/h12,16-17,19H,5-11,14-15H2,1-4H3/b22-12+. The molecule has 1 aromatic heterocycles. The van der Waals surface area contributed by atoms with Gasteiger partial charge in [0.2, 0.25) is 0 Å². The van der Waals surface area contributed by atoms with E-state index in [9.17, 15) is 14.9 Å². The van der Waals surface area contributed by atoms with Gasteiger partial charge in [-0.2, -0.15) is 5.26 Å². The van der Waals surface area contributed by atoms with Gasteiger partial charge in [-0.05, 0) is 56.1 Å². The summed E-state index contributed by atoms with van der Waals surface area (Å²) in [5.41, 5.74) is 1.37. The van der Waals surface area contributed by atoms with Gasteiger partial charge in [0, 0.05) is 31.2 Å². The van der Waals surface area contributed by atoms with E-state index in [-0.39, 0.29) is 23.1 Å². The topological polar surface area (TPSA) is 69.3 Å². The second-order valence-corrected chi connectivity index (χ2v) is 11.8. The second-order valence-electron chi connectivity index (χ2n) is 10.1. The first kappa shape index (κ1) is 25.0. The van der Waals surface area contributed by atoms with Crippen molar-refractivity contribution in [3.05, 3.63) is 31.9 Å². The van der Waals surface area contributed by atoms with Crippen LogP contribution in [0.1, 0.15) is 76.0 Å². The molecule has 1 saturated carbocycles. The van der Waals surface area contributed by atoms with E-state index < -0.39 is 0 Å². The highest BCUT2D eigenvalue weighted by Gasteiger charge is 2.39. The molecule has 3 heterocycles. The molecule has 6 nitrogen and oxygen atoms in total. The van der Waals surface area contributed by atoms with Gasteiger partial charge in [0.15, 0.2) is 0 Å². The van der Waals surface area contributed by atoms with Crippen molar-refractivity contribution in [2.45, 2.75) is 78.8 Å². The van der Waals surface area contributed by atoms with Gasteiger partial charge >= 0.3 is 0 Å². The largest absolute Gasteiger partial charge is 0.357 e. The lowest BCUT2D eigenvalue weighted by Crippen LogP contribution is -2.43. The number of hydrogen-bond donors (Lipinski definition) is 0. The average Bonchev–Trinajstić information content (AvgIpc) is 3.39. The molecule has 3 fully saturated rings. The van der Waals surface area contributed by atoms with Gasteiger partial charge < -0.3 is 4.90 Å². The van der Waals surface area contributed by atoms with Crippen molar-refractivity contribution in [2.24, 2.45) is 11.8 Å². The van der Waals surface area contributed by atoms with Gasteiger partial charge in [0.1, 0.15) is 21.8 Å². The molecule has 1 aliphatic carbocycles. The van der Waals surface area contributed by atoms with Gasteiger partial charge in [-0.25, -0.2) is 0 Å². The molecule has 182 valence electrons. The number of thioether (sulfide) groups is 1. The second kappa shape index (κ2) is 10.2. The average molecular weight is 499 g/mol. The molecule has 2 unspecified atom stereocenters. The molecular weight excluding hydrogens is 464 g/mol. The van der Waals surface area contributed by atoms with Crippen LogP contribution in [0.3, 0.4) is 0 Å². The van der Waals surface area contributed by atoms with Gasteiger partial charge in [0.25, 0.3) is 11.5 Å². The third kappa shape index (κ3) is 4.57. The Kier molecular flexibility index (Phi) is 7.54. The van der Waals surface area contributed by atoms with Crippen LogP contribution in [0.5, 0.6) is 0 Å². The zero-order valence-corrected chi connectivity index (χ0v) is 22.2. The van der Waals surface area contributed by atoms with Crippen molar-refractivity contribution in [1.82, 2.24) is 9.47 Å². The molecule has 8 heteroatoms. The lowest BCUT2D eigenvalue weighted by Gasteiger charge is -2.39. The number of rotatable bonds is 5. The van der Waals surface area contributed by atoms with E-state index in [4.69, 9.17) is 12.2 Å². The highest BCUT2D eigenvalue weighted by atomic mass is 32.2. The monoisotopic (exact) mass is 498 g/mol. The number of carbonyl (C=O) groups is 1. The number of carbonyl (C=O) groups excluding carboxylic acids is 1. The quantitative estimate of drug-likeness (QED) is 0.417. The Morgan fingerprint density at radius 3 is 2.41 bits per heavy atom. The van der Waals surface area contributed by atoms with E-state index in [1.807, 2.05) is 19.9 Å². The number of amides is 1. The molecule has 0 radical (unpaired) electrons. The smallest absolute Gasteiger partial charge is 0.270 e. The fraction of sp³-hybridized carbons (Fsp3) is 0.615. The first-order valence-electron chi connectivity index (χ1n) is 12.5. The third-order valence-electron chi connectivity index (χ3n) is 7.25. The van der Waals surface area contributed by atoms with Crippen LogP contribution in [0.2, 0.25) is 0 Å². The van der Waals surface area contributed by atoms with Crippen LogP contribution in [0.15, 0.2) is 9.70 Å². The van der Waals surface area contributed by atoms with E-state index in [1.54, 1.807) is 9.47 Å². The minimum atomic E-state index is -0.238. The molecule has 0 aromatic carbocycles. The number of aromatic nitrogens is 1. The summed E-state index contributed by atoms with van der Waals surface area (Å²) < 4.78 is 2.38. The minimum absolute atomic E-state index is 0.0422. The number of nitriles is 1. The minimum Gasteiger partial charge on any atom is -0.357 e. The number of nitrogens with zero attached hydrogens (tertiary/aromatic N) is 4. The zero-order valence-electron chi connectivity index (χ0n) is 20.6. The Balaban J connectivity index is 1.88.